The molecule has 2 aromatic rings. The molecule has 0 aliphatic rings. The molecular weight excluding hydrogens is 232 g/mol. The van der Waals surface area contributed by atoms with Crippen LogP contribution in [0.3, 0.4) is 0 Å². The van der Waals surface area contributed by atoms with Gasteiger partial charge in [0.15, 0.2) is 0 Å². The standard InChI is InChI=1S/C14H18S2/c1-2-3-4-5-6-12-9-14(16-10-12)13-7-8-15-11-13/h7-11H,2-6H2,1H3. The third kappa shape index (κ3) is 3.19. The predicted molar refractivity (Wildman–Crippen MR) is 75.5 cm³/mol. The topological polar surface area (TPSA) is 0 Å². The van der Waals surface area contributed by atoms with Crippen LogP contribution in [0.4, 0.5) is 0 Å². The zero-order chi connectivity index (χ0) is 11.2. The van der Waals surface area contributed by atoms with Crippen LogP contribution >= 0.6 is 22.7 Å². The van der Waals surface area contributed by atoms with Crippen molar-refractivity contribution in [2.75, 3.05) is 0 Å². The molecule has 0 aliphatic carbocycles. The summed E-state index contributed by atoms with van der Waals surface area (Å²) in [6, 6.07) is 4.57. The van der Waals surface area contributed by atoms with Crippen molar-refractivity contribution in [1.82, 2.24) is 0 Å². The smallest absolute Gasteiger partial charge is 0.0353 e. The van der Waals surface area contributed by atoms with Crippen LogP contribution in [0.25, 0.3) is 10.4 Å². The molecule has 0 nitrogen and oxygen atoms in total. The first-order valence-electron chi connectivity index (χ1n) is 6.00. The molecule has 2 heteroatoms. The molecule has 0 bridgehead atoms. The average molecular weight is 250 g/mol. The minimum atomic E-state index is 1.25. The SMILES string of the molecule is CCCCCCc1csc(-c2ccsc2)c1. The van der Waals surface area contributed by atoms with Gasteiger partial charge in [-0.3, -0.25) is 0 Å². The lowest BCUT2D eigenvalue weighted by Gasteiger charge is -1.96. The maximum Gasteiger partial charge on any atom is 0.0353 e. The average Bonchev–Trinajstić information content (AvgIpc) is 2.94. The molecule has 0 fully saturated rings. The lowest BCUT2D eigenvalue weighted by molar-refractivity contribution is 0.667. The fourth-order valence-corrected chi connectivity index (χ4v) is 3.50. The molecular formula is C14H18S2. The summed E-state index contributed by atoms with van der Waals surface area (Å²) in [6.45, 7) is 2.26. The fourth-order valence-electron chi connectivity index (χ4n) is 1.82. The van der Waals surface area contributed by atoms with Gasteiger partial charge in [0, 0.05) is 10.4 Å². The molecule has 0 saturated carbocycles. The largest absolute Gasteiger partial charge is 0.152 e. The number of unbranched alkanes of at least 4 members (excludes halogenated alkanes) is 3. The Kier molecular flexibility index (Phi) is 4.61. The molecule has 0 N–H and O–H groups in total. The van der Waals surface area contributed by atoms with Crippen molar-refractivity contribution in [3.05, 3.63) is 33.8 Å². The van der Waals surface area contributed by atoms with E-state index in [4.69, 9.17) is 0 Å². The molecule has 2 aromatic heterocycles. The molecule has 0 spiro atoms. The Morgan fingerprint density at radius 2 is 2.06 bits per heavy atom. The summed E-state index contributed by atoms with van der Waals surface area (Å²) < 4.78 is 0. The fraction of sp³-hybridized carbons (Fsp3) is 0.429. The highest BCUT2D eigenvalue weighted by Gasteiger charge is 2.02. The molecule has 0 amide bonds. The van der Waals surface area contributed by atoms with Crippen LogP contribution in [-0.2, 0) is 6.42 Å². The van der Waals surface area contributed by atoms with Gasteiger partial charge in [-0.05, 0) is 46.7 Å². The Hall–Kier alpha value is -0.600. The maximum absolute atomic E-state index is 2.36. The highest BCUT2D eigenvalue weighted by molar-refractivity contribution is 7.14. The Bertz CT molecular complexity index is 398. The Morgan fingerprint density at radius 1 is 1.12 bits per heavy atom. The summed E-state index contributed by atoms with van der Waals surface area (Å²) >= 11 is 3.65. The molecule has 86 valence electrons. The van der Waals surface area contributed by atoms with E-state index in [1.165, 1.54) is 48.1 Å². The van der Waals surface area contributed by atoms with E-state index in [1.54, 1.807) is 11.3 Å². The van der Waals surface area contributed by atoms with Crippen molar-refractivity contribution in [3.8, 4) is 10.4 Å². The number of aryl methyl sites for hydroxylation is 1. The first kappa shape index (κ1) is 11.9. The van der Waals surface area contributed by atoms with E-state index in [2.05, 4.69) is 35.2 Å². The highest BCUT2D eigenvalue weighted by atomic mass is 32.1. The molecule has 0 radical (unpaired) electrons. The Balaban J connectivity index is 1.88. The normalized spacial score (nSPS) is 10.8. The molecule has 0 aromatic carbocycles. The van der Waals surface area contributed by atoms with E-state index < -0.39 is 0 Å². The lowest BCUT2D eigenvalue weighted by Crippen LogP contribution is -1.82. The van der Waals surface area contributed by atoms with Gasteiger partial charge in [0.2, 0.25) is 0 Å². The van der Waals surface area contributed by atoms with Gasteiger partial charge in [-0.15, -0.1) is 11.3 Å². The van der Waals surface area contributed by atoms with Gasteiger partial charge in [0.05, 0.1) is 0 Å². The van der Waals surface area contributed by atoms with Crippen LogP contribution in [0.1, 0.15) is 38.2 Å². The maximum atomic E-state index is 2.36. The summed E-state index contributed by atoms with van der Waals surface area (Å²) in [7, 11) is 0. The highest BCUT2D eigenvalue weighted by Crippen LogP contribution is 2.29. The summed E-state index contributed by atoms with van der Waals surface area (Å²) in [4.78, 5) is 1.42. The molecule has 0 saturated heterocycles. The van der Waals surface area contributed by atoms with Crippen molar-refractivity contribution in [2.24, 2.45) is 0 Å². The zero-order valence-corrected chi connectivity index (χ0v) is 11.4. The first-order chi connectivity index (χ1) is 7.90. The van der Waals surface area contributed by atoms with E-state index in [9.17, 15) is 0 Å². The van der Waals surface area contributed by atoms with E-state index in [1.807, 2.05) is 11.3 Å². The van der Waals surface area contributed by atoms with Gasteiger partial charge in [0.1, 0.15) is 0 Å². The molecule has 2 heterocycles. The van der Waals surface area contributed by atoms with Crippen molar-refractivity contribution in [1.29, 1.82) is 0 Å². The van der Waals surface area contributed by atoms with Crippen molar-refractivity contribution in [2.45, 2.75) is 39.0 Å². The molecule has 0 unspecified atom stereocenters. The van der Waals surface area contributed by atoms with E-state index in [0.717, 1.165) is 0 Å². The second-order valence-corrected chi connectivity index (χ2v) is 5.83. The number of thiophene rings is 2. The lowest BCUT2D eigenvalue weighted by atomic mass is 10.1. The number of hydrogen-bond donors (Lipinski definition) is 0. The van der Waals surface area contributed by atoms with Crippen LogP contribution in [0.15, 0.2) is 28.3 Å². The summed E-state index contributed by atoms with van der Waals surface area (Å²) in [6.07, 6.45) is 6.67. The monoisotopic (exact) mass is 250 g/mol. The van der Waals surface area contributed by atoms with Crippen LogP contribution in [0.2, 0.25) is 0 Å². The molecule has 0 aliphatic heterocycles. The minimum Gasteiger partial charge on any atom is -0.152 e. The molecule has 0 atom stereocenters. The van der Waals surface area contributed by atoms with Crippen molar-refractivity contribution in [3.63, 3.8) is 0 Å². The number of hydrogen-bond acceptors (Lipinski definition) is 2. The second kappa shape index (κ2) is 6.21. The van der Waals surface area contributed by atoms with Crippen molar-refractivity contribution < 1.29 is 0 Å². The van der Waals surface area contributed by atoms with E-state index in [-0.39, 0.29) is 0 Å². The quantitative estimate of drug-likeness (QED) is 0.585. The van der Waals surface area contributed by atoms with Crippen LogP contribution in [0, 0.1) is 0 Å². The third-order valence-corrected chi connectivity index (χ3v) is 4.49. The summed E-state index contributed by atoms with van der Waals surface area (Å²) in [5.74, 6) is 0. The Labute approximate surface area is 106 Å². The second-order valence-electron chi connectivity index (χ2n) is 4.14. The third-order valence-electron chi connectivity index (χ3n) is 2.78. The summed E-state index contributed by atoms with van der Waals surface area (Å²) in [5, 5.41) is 6.70. The molecule has 16 heavy (non-hydrogen) atoms. The minimum absolute atomic E-state index is 1.25. The van der Waals surface area contributed by atoms with Crippen LogP contribution in [-0.4, -0.2) is 0 Å². The van der Waals surface area contributed by atoms with E-state index >= 15 is 0 Å². The van der Waals surface area contributed by atoms with Gasteiger partial charge in [-0.2, -0.15) is 11.3 Å². The Morgan fingerprint density at radius 3 is 2.81 bits per heavy atom. The van der Waals surface area contributed by atoms with Crippen LogP contribution in [0.5, 0.6) is 0 Å². The van der Waals surface area contributed by atoms with Crippen molar-refractivity contribution >= 4 is 22.7 Å². The summed E-state index contributed by atoms with van der Waals surface area (Å²) in [5.41, 5.74) is 2.90. The van der Waals surface area contributed by atoms with Gasteiger partial charge in [-0.25, -0.2) is 0 Å². The first-order valence-corrected chi connectivity index (χ1v) is 7.82. The zero-order valence-electron chi connectivity index (χ0n) is 9.74. The van der Waals surface area contributed by atoms with Crippen LogP contribution < -0.4 is 0 Å². The van der Waals surface area contributed by atoms with Gasteiger partial charge < -0.3 is 0 Å². The van der Waals surface area contributed by atoms with E-state index in [0.29, 0.717) is 0 Å². The number of rotatable bonds is 6. The van der Waals surface area contributed by atoms with Gasteiger partial charge in [-0.1, -0.05) is 26.2 Å². The van der Waals surface area contributed by atoms with Gasteiger partial charge in [0.25, 0.3) is 0 Å². The predicted octanol–water partition coefficient (Wildman–Crippen LogP) is 5.60. The van der Waals surface area contributed by atoms with Gasteiger partial charge >= 0.3 is 0 Å². The molecule has 2 rings (SSSR count).